The molecule has 2 aromatic carbocycles. The van der Waals surface area contributed by atoms with E-state index in [9.17, 15) is 22.4 Å². The van der Waals surface area contributed by atoms with E-state index in [0.717, 1.165) is 24.3 Å². The van der Waals surface area contributed by atoms with Crippen LogP contribution in [0, 0.1) is 18.2 Å². The summed E-state index contributed by atoms with van der Waals surface area (Å²) in [5.74, 6) is 1.08. The Morgan fingerprint density at radius 2 is 1.86 bits per heavy atom. The maximum atomic E-state index is 12.9. The zero-order chi connectivity index (χ0) is 21.4. The van der Waals surface area contributed by atoms with Gasteiger partial charge in [0.1, 0.15) is 5.82 Å². The third-order valence-corrected chi connectivity index (χ3v) is 5.35. The molecule has 2 aromatic rings. The molecule has 9 heteroatoms. The molecule has 2 N–H and O–H groups in total. The molecule has 152 valence electrons. The molecule has 29 heavy (non-hydrogen) atoms. The van der Waals surface area contributed by atoms with Gasteiger partial charge >= 0.3 is 0 Å². The van der Waals surface area contributed by atoms with Gasteiger partial charge in [-0.25, -0.2) is 17.5 Å². The van der Waals surface area contributed by atoms with Crippen molar-refractivity contribution in [1.82, 2.24) is 9.62 Å². The van der Waals surface area contributed by atoms with Crippen molar-refractivity contribution in [2.75, 3.05) is 25.5 Å². The third kappa shape index (κ3) is 6.71. The maximum absolute atomic E-state index is 12.9. The fourth-order valence-electron chi connectivity index (χ4n) is 2.37. The monoisotopic (exact) mass is 417 g/mol. The summed E-state index contributed by atoms with van der Waals surface area (Å²) in [5.41, 5.74) is 1.12. The molecule has 0 saturated carbocycles. The summed E-state index contributed by atoms with van der Waals surface area (Å²) < 4.78 is 39.3. The minimum atomic E-state index is -3.85. The van der Waals surface area contributed by atoms with Gasteiger partial charge in [-0.1, -0.05) is 12.0 Å². The molecule has 0 bridgehead atoms. The minimum absolute atomic E-state index is 0.103. The van der Waals surface area contributed by atoms with E-state index in [0.29, 0.717) is 11.3 Å². The average molecular weight is 417 g/mol. The van der Waals surface area contributed by atoms with Crippen molar-refractivity contribution in [1.29, 1.82) is 0 Å². The molecule has 0 spiro atoms. The first-order valence-corrected chi connectivity index (χ1v) is 10.1. The second-order valence-corrected chi connectivity index (χ2v) is 7.89. The Morgan fingerprint density at radius 3 is 2.52 bits per heavy atom. The van der Waals surface area contributed by atoms with Crippen LogP contribution in [0.3, 0.4) is 0 Å². The Bertz CT molecular complexity index is 1030. The molecule has 0 aliphatic carbocycles. The van der Waals surface area contributed by atoms with Gasteiger partial charge in [-0.2, -0.15) is 0 Å². The highest BCUT2D eigenvalue weighted by Crippen LogP contribution is 2.10. The Kier molecular flexibility index (Phi) is 7.47. The number of hydrogen-bond acceptors (Lipinski definition) is 4. The highest BCUT2D eigenvalue weighted by molar-refractivity contribution is 7.89. The number of rotatable bonds is 8. The molecule has 0 unspecified atom stereocenters. The zero-order valence-corrected chi connectivity index (χ0v) is 16.5. The number of carbonyl (C=O) groups is 2. The Labute approximate surface area is 169 Å². The second kappa shape index (κ2) is 9.82. The molecule has 0 aromatic heterocycles. The van der Waals surface area contributed by atoms with Gasteiger partial charge in [0.05, 0.1) is 11.4 Å². The van der Waals surface area contributed by atoms with Crippen LogP contribution in [-0.4, -0.2) is 45.3 Å². The minimum Gasteiger partial charge on any atom is -0.336 e. The quantitative estimate of drug-likeness (QED) is 0.638. The van der Waals surface area contributed by atoms with Crippen LogP contribution < -0.4 is 10.0 Å². The van der Waals surface area contributed by atoms with Crippen LogP contribution >= 0.6 is 0 Å². The summed E-state index contributed by atoms with van der Waals surface area (Å²) in [6.07, 6.45) is 5.17. The maximum Gasteiger partial charge on any atom is 0.243 e. The standard InChI is InChI=1S/C20H20FN3O4S/c1-3-15-5-4-6-17(13-15)23-19(25)14-24(2)20(26)11-12-22-29(27,28)18-9-7-16(21)8-10-18/h1,4-10,13,22H,11-12,14H2,2H3,(H,23,25). The molecule has 0 aliphatic heterocycles. The van der Waals surface area contributed by atoms with Crippen molar-refractivity contribution >= 4 is 27.5 Å². The summed E-state index contributed by atoms with van der Waals surface area (Å²) in [7, 11) is -2.41. The summed E-state index contributed by atoms with van der Waals surface area (Å²) >= 11 is 0. The van der Waals surface area contributed by atoms with E-state index in [1.54, 1.807) is 24.3 Å². The van der Waals surface area contributed by atoms with Crippen LogP contribution in [0.25, 0.3) is 0 Å². The summed E-state index contributed by atoms with van der Waals surface area (Å²) in [5, 5.41) is 2.64. The van der Waals surface area contributed by atoms with E-state index in [4.69, 9.17) is 6.42 Å². The first kappa shape index (κ1) is 22.1. The number of nitrogens with zero attached hydrogens (tertiary/aromatic N) is 1. The van der Waals surface area contributed by atoms with Crippen molar-refractivity contribution in [3.8, 4) is 12.3 Å². The van der Waals surface area contributed by atoms with Gasteiger partial charge in [0, 0.05) is 31.3 Å². The number of terminal acetylenes is 1. The van der Waals surface area contributed by atoms with Crippen LogP contribution in [0.5, 0.6) is 0 Å². The number of likely N-dealkylation sites (N-methyl/N-ethyl adjacent to an activating group) is 1. The Balaban J connectivity index is 1.81. The zero-order valence-electron chi connectivity index (χ0n) is 15.7. The number of hydrogen-bond donors (Lipinski definition) is 2. The summed E-state index contributed by atoms with van der Waals surface area (Å²) in [6, 6.07) is 11.0. The predicted molar refractivity (Wildman–Crippen MR) is 107 cm³/mol. The van der Waals surface area contributed by atoms with E-state index in [1.165, 1.54) is 11.9 Å². The first-order chi connectivity index (χ1) is 13.7. The second-order valence-electron chi connectivity index (χ2n) is 6.12. The van der Waals surface area contributed by atoms with E-state index < -0.39 is 27.7 Å². The molecule has 0 fully saturated rings. The molecule has 0 heterocycles. The molecule has 2 amide bonds. The lowest BCUT2D eigenvalue weighted by Crippen LogP contribution is -2.37. The van der Waals surface area contributed by atoms with Gasteiger partial charge in [-0.05, 0) is 42.5 Å². The number of carbonyl (C=O) groups excluding carboxylic acids is 2. The van der Waals surface area contributed by atoms with Gasteiger partial charge in [0.15, 0.2) is 0 Å². The van der Waals surface area contributed by atoms with Gasteiger partial charge in [0.2, 0.25) is 21.8 Å². The first-order valence-electron chi connectivity index (χ1n) is 8.57. The smallest absolute Gasteiger partial charge is 0.243 e. The van der Waals surface area contributed by atoms with E-state index in [-0.39, 0.29) is 24.4 Å². The van der Waals surface area contributed by atoms with Crippen LogP contribution in [0.2, 0.25) is 0 Å². The van der Waals surface area contributed by atoms with Gasteiger partial charge in [-0.15, -0.1) is 6.42 Å². The number of halogens is 1. The Hall–Kier alpha value is -3.22. The van der Waals surface area contributed by atoms with Crippen molar-refractivity contribution < 1.29 is 22.4 Å². The van der Waals surface area contributed by atoms with Crippen LogP contribution in [0.1, 0.15) is 12.0 Å². The van der Waals surface area contributed by atoms with Crippen molar-refractivity contribution in [2.24, 2.45) is 0 Å². The molecule has 0 radical (unpaired) electrons. The molecule has 0 aliphatic rings. The van der Waals surface area contributed by atoms with Crippen LogP contribution in [0.4, 0.5) is 10.1 Å². The van der Waals surface area contributed by atoms with Crippen molar-refractivity contribution in [2.45, 2.75) is 11.3 Å². The van der Waals surface area contributed by atoms with Crippen LogP contribution in [-0.2, 0) is 19.6 Å². The van der Waals surface area contributed by atoms with Gasteiger partial charge in [0.25, 0.3) is 0 Å². The largest absolute Gasteiger partial charge is 0.336 e. The van der Waals surface area contributed by atoms with Gasteiger partial charge < -0.3 is 10.2 Å². The van der Waals surface area contributed by atoms with E-state index >= 15 is 0 Å². The van der Waals surface area contributed by atoms with Crippen LogP contribution in [0.15, 0.2) is 53.4 Å². The highest BCUT2D eigenvalue weighted by Gasteiger charge is 2.17. The summed E-state index contributed by atoms with van der Waals surface area (Å²) in [4.78, 5) is 25.3. The lowest BCUT2D eigenvalue weighted by molar-refractivity contribution is -0.133. The third-order valence-electron chi connectivity index (χ3n) is 3.87. The highest BCUT2D eigenvalue weighted by atomic mass is 32.2. The predicted octanol–water partition coefficient (Wildman–Crippen LogP) is 1.57. The topological polar surface area (TPSA) is 95.6 Å². The average Bonchev–Trinajstić information content (AvgIpc) is 2.68. The Morgan fingerprint density at radius 1 is 1.17 bits per heavy atom. The fourth-order valence-corrected chi connectivity index (χ4v) is 3.40. The molecular formula is C20H20FN3O4S. The molecular weight excluding hydrogens is 397 g/mol. The number of nitrogens with one attached hydrogen (secondary N) is 2. The molecule has 0 atom stereocenters. The number of benzene rings is 2. The number of anilines is 1. The number of amides is 2. The van der Waals surface area contributed by atoms with E-state index in [1.807, 2.05) is 0 Å². The van der Waals surface area contributed by atoms with E-state index in [2.05, 4.69) is 16.0 Å². The van der Waals surface area contributed by atoms with Crippen molar-refractivity contribution in [3.63, 3.8) is 0 Å². The molecule has 7 nitrogen and oxygen atoms in total. The van der Waals surface area contributed by atoms with Gasteiger partial charge in [-0.3, -0.25) is 9.59 Å². The fraction of sp³-hybridized carbons (Fsp3) is 0.200. The van der Waals surface area contributed by atoms with Crippen molar-refractivity contribution in [3.05, 3.63) is 59.9 Å². The lowest BCUT2D eigenvalue weighted by atomic mass is 10.2. The normalized spacial score (nSPS) is 10.8. The lowest BCUT2D eigenvalue weighted by Gasteiger charge is -2.17. The number of sulfonamides is 1. The molecule has 0 saturated heterocycles. The summed E-state index contributed by atoms with van der Waals surface area (Å²) in [6.45, 7) is -0.363. The molecule has 2 rings (SSSR count). The SMILES string of the molecule is C#Cc1cccc(NC(=O)CN(C)C(=O)CCNS(=O)(=O)c2ccc(F)cc2)c1.